The van der Waals surface area contributed by atoms with Crippen LogP contribution in [0.15, 0.2) is 9.59 Å². The Morgan fingerprint density at radius 2 is 1.47 bits per heavy atom. The molecule has 0 spiro atoms. The maximum absolute atomic E-state index is 11.8. The molecule has 0 heterocycles. The van der Waals surface area contributed by atoms with Crippen molar-refractivity contribution in [3.63, 3.8) is 0 Å². The van der Waals surface area contributed by atoms with E-state index >= 15 is 0 Å². The Morgan fingerprint density at radius 1 is 0.941 bits per heavy atom. The van der Waals surface area contributed by atoms with Crippen LogP contribution in [0.1, 0.15) is 34.1 Å². The van der Waals surface area contributed by atoms with Crippen LogP contribution in [-0.2, 0) is 0 Å². The molecule has 96 valence electrons. The molecule has 0 aliphatic carbocycles. The van der Waals surface area contributed by atoms with Crippen molar-refractivity contribution >= 4 is 22.0 Å². The van der Waals surface area contributed by atoms with Crippen molar-refractivity contribution in [1.29, 1.82) is 0 Å². The summed E-state index contributed by atoms with van der Waals surface area (Å²) in [6, 6.07) is 0. The Morgan fingerprint density at radius 3 is 1.88 bits per heavy atom. The van der Waals surface area contributed by atoms with Gasteiger partial charge in [0.2, 0.25) is 0 Å². The van der Waals surface area contributed by atoms with Gasteiger partial charge >= 0.3 is 107 Å². The van der Waals surface area contributed by atoms with Crippen molar-refractivity contribution in [2.45, 2.75) is 47.4 Å². The molecule has 0 unspecified atom stereocenters. The molecule has 0 aromatic heterocycles. The minimum absolute atomic E-state index is 0.238. The van der Waals surface area contributed by atoms with Crippen molar-refractivity contribution in [3.05, 3.63) is 20.4 Å². The first-order valence-electron chi connectivity index (χ1n) is 6.54. The Kier molecular flexibility index (Phi) is 5.22. The van der Waals surface area contributed by atoms with Crippen LogP contribution < -0.4 is 19.2 Å². The van der Waals surface area contributed by atoms with Gasteiger partial charge in [-0.3, -0.25) is 0 Å². The zero-order chi connectivity index (χ0) is 13.1. The molecule has 0 bridgehead atoms. The van der Waals surface area contributed by atoms with E-state index in [4.69, 9.17) is 4.74 Å². The van der Waals surface area contributed by atoms with Crippen LogP contribution in [0.25, 0.3) is 0 Å². The van der Waals surface area contributed by atoms with Gasteiger partial charge in [-0.2, -0.15) is 0 Å². The summed E-state index contributed by atoms with van der Waals surface area (Å²) in [6.07, 6.45) is 0.866. The van der Waals surface area contributed by atoms with Crippen molar-refractivity contribution < 1.29 is 4.74 Å². The van der Waals surface area contributed by atoms with E-state index in [-0.39, 0.29) is 10.9 Å². The number of hydrogen-bond donors (Lipinski definition) is 0. The third-order valence-corrected chi connectivity index (χ3v) is 19.8. The van der Waals surface area contributed by atoms with E-state index in [1.165, 1.54) is 0 Å². The van der Waals surface area contributed by atoms with Gasteiger partial charge in [0.05, 0.1) is 0 Å². The third kappa shape index (κ3) is 2.44. The second-order valence-corrected chi connectivity index (χ2v) is 19.3. The van der Waals surface area contributed by atoms with E-state index in [0.717, 1.165) is 23.3 Å². The second kappa shape index (κ2) is 6.03. The van der Waals surface area contributed by atoms with E-state index < -0.39 is 18.4 Å². The molecule has 0 aliphatic rings. The molecular weight excluding hydrogens is 323 g/mol. The van der Waals surface area contributed by atoms with Gasteiger partial charge in [0, 0.05) is 0 Å². The molecule has 0 radical (unpaired) electrons. The van der Waals surface area contributed by atoms with Gasteiger partial charge < -0.3 is 0 Å². The monoisotopic (exact) mass is 346 g/mol. The van der Waals surface area contributed by atoms with Gasteiger partial charge in [-0.05, 0) is 0 Å². The molecule has 0 amide bonds. The predicted molar refractivity (Wildman–Crippen MR) is 74.0 cm³/mol. The van der Waals surface area contributed by atoms with Gasteiger partial charge in [0.15, 0.2) is 0 Å². The van der Waals surface area contributed by atoms with Crippen LogP contribution in [0.4, 0.5) is 0 Å². The molecule has 0 aliphatic heterocycles. The molecule has 1 rings (SSSR count). The molecule has 3 nitrogen and oxygen atoms in total. The summed E-state index contributed by atoms with van der Waals surface area (Å²) in [5.41, 5.74) is -0.623. The Balaban J connectivity index is 3.17. The molecule has 0 saturated carbocycles. The fourth-order valence-electron chi connectivity index (χ4n) is 2.47. The van der Waals surface area contributed by atoms with Crippen LogP contribution in [-0.4, -0.2) is 25.0 Å². The molecule has 0 atom stereocenters. The van der Waals surface area contributed by atoms with E-state index in [9.17, 15) is 9.59 Å². The first kappa shape index (κ1) is 14.7. The van der Waals surface area contributed by atoms with Gasteiger partial charge in [0.25, 0.3) is 0 Å². The summed E-state index contributed by atoms with van der Waals surface area (Å²) < 4.78 is 9.58. The van der Waals surface area contributed by atoms with E-state index in [2.05, 4.69) is 20.8 Å². The number of rotatable bonds is 7. The third-order valence-electron chi connectivity index (χ3n) is 3.88. The summed E-state index contributed by atoms with van der Waals surface area (Å²) in [4.78, 5) is 23.4. The van der Waals surface area contributed by atoms with Gasteiger partial charge in [-0.25, -0.2) is 0 Å². The SMILES string of the molecule is CCCOc1[c]([Sn]([CH2]C)([CH2]C)[CH2]C)c(=O)c1=O. The standard InChI is InChI=1S/C7H7O3.3C2H5.Sn/c1-2-3-10-6-4-5(8)7(6)9;3*1-2;/h2-3H2,1H3;3*1H2,2H3;. The molecule has 1 aromatic rings. The fraction of sp³-hybridized carbons (Fsp3) is 0.692. The van der Waals surface area contributed by atoms with Gasteiger partial charge in [-0.15, -0.1) is 0 Å². The second-order valence-electron chi connectivity index (χ2n) is 4.55. The minimum atomic E-state index is -2.58. The molecule has 0 saturated heterocycles. The van der Waals surface area contributed by atoms with Gasteiger partial charge in [-0.1, -0.05) is 0 Å². The summed E-state index contributed by atoms with van der Waals surface area (Å²) >= 11 is -2.58. The number of hydrogen-bond acceptors (Lipinski definition) is 3. The fourth-order valence-corrected chi connectivity index (χ4v) is 13.4. The maximum atomic E-state index is 11.8. The molecule has 1 aromatic carbocycles. The Labute approximate surface area is 107 Å². The van der Waals surface area contributed by atoms with Gasteiger partial charge in [0.1, 0.15) is 0 Å². The van der Waals surface area contributed by atoms with Crippen molar-refractivity contribution in [1.82, 2.24) is 0 Å². The van der Waals surface area contributed by atoms with Crippen molar-refractivity contribution in [3.8, 4) is 5.75 Å². The average molecular weight is 345 g/mol. The topological polar surface area (TPSA) is 43.4 Å². The molecular formula is C13H22O3Sn. The Hall–Kier alpha value is -0.321. The van der Waals surface area contributed by atoms with Crippen LogP contribution >= 0.6 is 0 Å². The van der Waals surface area contributed by atoms with Crippen molar-refractivity contribution in [2.24, 2.45) is 0 Å². The zero-order valence-corrected chi connectivity index (χ0v) is 14.1. The Bertz CT molecular complexity index is 431. The number of ether oxygens (including phenoxy) is 1. The first-order chi connectivity index (χ1) is 8.07. The van der Waals surface area contributed by atoms with E-state index in [1.54, 1.807) is 0 Å². The van der Waals surface area contributed by atoms with Crippen LogP contribution in [0.5, 0.6) is 5.75 Å². The normalized spacial score (nSPS) is 12.0. The summed E-state index contributed by atoms with van der Waals surface area (Å²) in [7, 11) is 0. The predicted octanol–water partition coefficient (Wildman–Crippen LogP) is 1.79. The van der Waals surface area contributed by atoms with Crippen molar-refractivity contribution in [2.75, 3.05) is 6.61 Å². The average Bonchev–Trinajstić information content (AvgIpc) is 2.38. The van der Waals surface area contributed by atoms with E-state index in [1.807, 2.05) is 6.92 Å². The zero-order valence-electron chi connectivity index (χ0n) is 11.3. The van der Waals surface area contributed by atoms with E-state index in [0.29, 0.717) is 12.4 Å². The molecule has 4 heteroatoms. The first-order valence-corrected chi connectivity index (χ1v) is 14.0. The van der Waals surface area contributed by atoms with Crippen LogP contribution in [0.2, 0.25) is 13.3 Å². The molecule has 17 heavy (non-hydrogen) atoms. The van der Waals surface area contributed by atoms with Crippen LogP contribution in [0.3, 0.4) is 0 Å². The van der Waals surface area contributed by atoms with Crippen LogP contribution in [0, 0.1) is 0 Å². The molecule has 0 N–H and O–H groups in total. The summed E-state index contributed by atoms with van der Waals surface area (Å²) in [5, 5.41) is 0. The molecule has 0 fully saturated rings. The summed E-state index contributed by atoms with van der Waals surface area (Å²) in [5.74, 6) is 0.429. The quantitative estimate of drug-likeness (QED) is 0.559. The summed E-state index contributed by atoms with van der Waals surface area (Å²) in [6.45, 7) is 9.01.